The Labute approximate surface area is 113 Å². The largest absolute Gasteiger partial charge is 0.480 e. The Hall–Kier alpha value is -1.01. The van der Waals surface area contributed by atoms with E-state index in [-0.39, 0.29) is 29.2 Å². The number of hydrogen-bond donors (Lipinski definition) is 1. The lowest BCUT2D eigenvalue weighted by molar-refractivity contribution is -0.139. The first-order chi connectivity index (χ1) is 8.32. The Kier molecular flexibility index (Phi) is 5.22. The second-order valence-electron chi connectivity index (χ2n) is 4.21. The van der Waals surface area contributed by atoms with Crippen molar-refractivity contribution in [1.29, 1.82) is 0 Å². The van der Waals surface area contributed by atoms with Gasteiger partial charge in [0.15, 0.2) is 0 Å². The molecular formula is C12H14BrF2NO2. The molecule has 0 radical (unpaired) electrons. The third kappa shape index (κ3) is 3.74. The summed E-state index contributed by atoms with van der Waals surface area (Å²) in [7, 11) is 0. The van der Waals surface area contributed by atoms with Gasteiger partial charge in [-0.3, -0.25) is 9.69 Å². The van der Waals surface area contributed by atoms with Crippen molar-refractivity contribution in [2.45, 2.75) is 26.4 Å². The van der Waals surface area contributed by atoms with Gasteiger partial charge in [0.2, 0.25) is 0 Å². The fraction of sp³-hybridized carbons (Fsp3) is 0.417. The molecule has 0 saturated carbocycles. The predicted octanol–water partition coefficient (Wildman–Crippen LogP) is 3.02. The number of carboxylic acids is 1. The van der Waals surface area contributed by atoms with E-state index in [2.05, 4.69) is 15.9 Å². The summed E-state index contributed by atoms with van der Waals surface area (Å²) in [5, 5.41) is 8.77. The number of carbonyl (C=O) groups is 1. The van der Waals surface area contributed by atoms with Crippen LogP contribution >= 0.6 is 15.9 Å². The third-order valence-electron chi connectivity index (χ3n) is 2.57. The van der Waals surface area contributed by atoms with Crippen LogP contribution in [0.15, 0.2) is 16.6 Å². The molecule has 0 aliphatic rings. The fourth-order valence-electron chi connectivity index (χ4n) is 1.51. The van der Waals surface area contributed by atoms with Gasteiger partial charge in [0.1, 0.15) is 11.6 Å². The highest BCUT2D eigenvalue weighted by Gasteiger charge is 2.19. The van der Waals surface area contributed by atoms with Crippen LogP contribution in [0.5, 0.6) is 0 Å². The summed E-state index contributed by atoms with van der Waals surface area (Å²) >= 11 is 2.98. The monoisotopic (exact) mass is 321 g/mol. The molecule has 0 amide bonds. The number of nitrogens with zero attached hydrogens (tertiary/aromatic N) is 1. The minimum atomic E-state index is -1.03. The molecule has 0 bridgehead atoms. The van der Waals surface area contributed by atoms with Crippen molar-refractivity contribution >= 4 is 21.9 Å². The molecule has 6 heteroatoms. The van der Waals surface area contributed by atoms with Crippen molar-refractivity contribution in [3.8, 4) is 0 Å². The molecule has 1 rings (SSSR count). The van der Waals surface area contributed by atoms with Crippen LogP contribution in [0.25, 0.3) is 0 Å². The van der Waals surface area contributed by atoms with Crippen LogP contribution in [0, 0.1) is 11.6 Å². The summed E-state index contributed by atoms with van der Waals surface area (Å²) in [6.45, 7) is 3.21. The Bertz CT molecular complexity index is 452. The third-order valence-corrected chi connectivity index (χ3v) is 3.18. The summed E-state index contributed by atoms with van der Waals surface area (Å²) in [6, 6.07) is 2.31. The highest BCUT2D eigenvalue weighted by molar-refractivity contribution is 9.10. The summed E-state index contributed by atoms with van der Waals surface area (Å²) in [5.74, 6) is -2.39. The Morgan fingerprint density at radius 3 is 2.56 bits per heavy atom. The van der Waals surface area contributed by atoms with Crippen molar-refractivity contribution in [2.75, 3.05) is 6.54 Å². The van der Waals surface area contributed by atoms with Gasteiger partial charge in [-0.15, -0.1) is 0 Å². The zero-order valence-corrected chi connectivity index (χ0v) is 11.7. The zero-order valence-electron chi connectivity index (χ0n) is 10.1. The van der Waals surface area contributed by atoms with Crippen LogP contribution in [-0.2, 0) is 11.3 Å². The van der Waals surface area contributed by atoms with Crippen LogP contribution in [0.3, 0.4) is 0 Å². The van der Waals surface area contributed by atoms with E-state index in [1.54, 1.807) is 13.8 Å². The second kappa shape index (κ2) is 6.24. The molecule has 0 aliphatic carbocycles. The minimum absolute atomic E-state index is 0.0823. The summed E-state index contributed by atoms with van der Waals surface area (Å²) < 4.78 is 27.5. The van der Waals surface area contributed by atoms with E-state index in [0.717, 1.165) is 6.07 Å². The van der Waals surface area contributed by atoms with Gasteiger partial charge >= 0.3 is 5.97 Å². The van der Waals surface area contributed by atoms with E-state index >= 15 is 0 Å². The molecule has 1 N–H and O–H groups in total. The fourth-order valence-corrected chi connectivity index (χ4v) is 1.88. The van der Waals surface area contributed by atoms with Crippen LogP contribution < -0.4 is 0 Å². The van der Waals surface area contributed by atoms with Crippen molar-refractivity contribution in [3.05, 3.63) is 33.8 Å². The van der Waals surface area contributed by atoms with E-state index in [1.807, 2.05) is 0 Å². The van der Waals surface area contributed by atoms with E-state index in [9.17, 15) is 13.6 Å². The molecule has 0 aliphatic heterocycles. The van der Waals surface area contributed by atoms with E-state index in [4.69, 9.17) is 5.11 Å². The van der Waals surface area contributed by atoms with Gasteiger partial charge in [0.25, 0.3) is 0 Å². The van der Waals surface area contributed by atoms with E-state index in [0.29, 0.717) is 0 Å². The Morgan fingerprint density at radius 2 is 2.06 bits per heavy atom. The Morgan fingerprint density at radius 1 is 1.44 bits per heavy atom. The van der Waals surface area contributed by atoms with Crippen molar-refractivity contribution in [3.63, 3.8) is 0 Å². The quantitative estimate of drug-likeness (QED) is 0.847. The molecule has 0 unspecified atom stereocenters. The SMILES string of the molecule is CC(C)N(CC(=O)O)Cc1c(F)ccc(Br)c1F. The van der Waals surface area contributed by atoms with E-state index < -0.39 is 17.6 Å². The summed E-state index contributed by atoms with van der Waals surface area (Å²) in [4.78, 5) is 12.2. The van der Waals surface area contributed by atoms with Gasteiger partial charge in [-0.2, -0.15) is 0 Å². The number of aliphatic carboxylic acids is 1. The topological polar surface area (TPSA) is 40.5 Å². The van der Waals surface area contributed by atoms with Crippen LogP contribution in [0.2, 0.25) is 0 Å². The van der Waals surface area contributed by atoms with Gasteiger partial charge in [-0.1, -0.05) is 0 Å². The van der Waals surface area contributed by atoms with Crippen LogP contribution in [0.4, 0.5) is 8.78 Å². The van der Waals surface area contributed by atoms with Gasteiger partial charge in [-0.25, -0.2) is 8.78 Å². The van der Waals surface area contributed by atoms with Gasteiger partial charge in [0.05, 0.1) is 11.0 Å². The molecule has 1 aromatic carbocycles. The Balaban J connectivity index is 3.00. The number of halogens is 3. The lowest BCUT2D eigenvalue weighted by Gasteiger charge is -2.25. The minimum Gasteiger partial charge on any atom is -0.480 e. The van der Waals surface area contributed by atoms with Crippen molar-refractivity contribution in [1.82, 2.24) is 4.90 Å². The maximum Gasteiger partial charge on any atom is 0.317 e. The molecule has 18 heavy (non-hydrogen) atoms. The van der Waals surface area contributed by atoms with Gasteiger partial charge in [-0.05, 0) is 41.9 Å². The number of hydrogen-bond acceptors (Lipinski definition) is 2. The molecule has 0 spiro atoms. The highest BCUT2D eigenvalue weighted by Crippen LogP contribution is 2.23. The normalized spacial score (nSPS) is 11.3. The molecule has 1 aromatic rings. The molecular weight excluding hydrogens is 308 g/mol. The van der Waals surface area contributed by atoms with Gasteiger partial charge < -0.3 is 5.11 Å². The maximum absolute atomic E-state index is 13.8. The number of benzene rings is 1. The smallest absolute Gasteiger partial charge is 0.317 e. The van der Waals surface area contributed by atoms with Gasteiger partial charge in [0, 0.05) is 18.2 Å². The molecule has 0 heterocycles. The first-order valence-electron chi connectivity index (χ1n) is 5.41. The second-order valence-corrected chi connectivity index (χ2v) is 5.07. The first-order valence-corrected chi connectivity index (χ1v) is 6.20. The molecule has 0 fully saturated rings. The van der Waals surface area contributed by atoms with Crippen molar-refractivity contribution in [2.24, 2.45) is 0 Å². The molecule has 0 aromatic heterocycles. The molecule has 100 valence electrons. The average molecular weight is 322 g/mol. The maximum atomic E-state index is 13.8. The molecule has 3 nitrogen and oxygen atoms in total. The van der Waals surface area contributed by atoms with Crippen molar-refractivity contribution < 1.29 is 18.7 Å². The highest BCUT2D eigenvalue weighted by atomic mass is 79.9. The first kappa shape index (κ1) is 15.0. The molecule has 0 atom stereocenters. The molecule has 0 saturated heterocycles. The predicted molar refractivity (Wildman–Crippen MR) is 67.2 cm³/mol. The number of rotatable bonds is 5. The average Bonchev–Trinajstić information content (AvgIpc) is 2.27. The zero-order chi connectivity index (χ0) is 13.9. The summed E-state index contributed by atoms with van der Waals surface area (Å²) in [5.41, 5.74) is -0.126. The van der Waals surface area contributed by atoms with Crippen LogP contribution in [-0.4, -0.2) is 28.6 Å². The van der Waals surface area contributed by atoms with Crippen LogP contribution in [0.1, 0.15) is 19.4 Å². The standard InChI is InChI=1S/C12H14BrF2NO2/c1-7(2)16(6-11(17)18)5-8-10(14)4-3-9(13)12(8)15/h3-4,7H,5-6H2,1-2H3,(H,17,18). The number of carboxylic acid groups (broad SMARTS) is 1. The van der Waals surface area contributed by atoms with E-state index in [1.165, 1.54) is 11.0 Å². The lowest BCUT2D eigenvalue weighted by Crippen LogP contribution is -2.35. The summed E-state index contributed by atoms with van der Waals surface area (Å²) in [6.07, 6.45) is 0. The lowest BCUT2D eigenvalue weighted by atomic mass is 10.1.